The van der Waals surface area contributed by atoms with E-state index in [9.17, 15) is 14.4 Å². The molecule has 0 saturated carbocycles. The number of carbonyl (C=O) groups excluding carboxylic acids is 3. The molecule has 0 aliphatic carbocycles. The molecule has 14 heteroatoms. The van der Waals surface area contributed by atoms with Gasteiger partial charge in [-0.1, -0.05) is 71.0 Å². The predicted octanol–water partition coefficient (Wildman–Crippen LogP) is 5.45. The summed E-state index contributed by atoms with van der Waals surface area (Å²) in [5.41, 5.74) is 7.30. The fraction of sp³-hybridized carbons (Fsp3) is 0.289. The maximum absolute atomic E-state index is 13.2. The van der Waals surface area contributed by atoms with Gasteiger partial charge < -0.3 is 40.6 Å². The van der Waals surface area contributed by atoms with Crippen LogP contribution in [-0.4, -0.2) is 63.6 Å². The minimum absolute atomic E-state index is 0. The maximum atomic E-state index is 13.2. The third kappa shape index (κ3) is 13.7. The number of nitrogen functional groups attached to an aromatic ring is 1. The molecule has 0 unspecified atom stereocenters. The Labute approximate surface area is 359 Å². The Balaban J connectivity index is -0.000000840. The standard InChI is InChI=1S/C20H22ClNO4.C15H14ClNO3.CH4O.2CH4.K.H2O/c1-20(2,3)19(24)22-15-10-9-12(21)11-14(15)17(23)13-7-6-8-16(25-4)18(13)26-5;1-19-13-5-3-4-10(15(13)20-2)14(18)11-8-9(16)6-7-12(11)17;1-2;;;;/h6-11H,1-5H3,(H,22,24);3-8H,17H2,1-2H3;2H,1H3;2*1H4;;1H2/q;;;;;+1;/p-1. The van der Waals surface area contributed by atoms with Crippen LogP contribution in [0.4, 0.5) is 11.4 Å². The molecule has 280 valence electrons. The number of aliphatic hydroxyl groups excluding tert-OH is 1. The van der Waals surface area contributed by atoms with Gasteiger partial charge in [0.05, 0.1) is 45.3 Å². The number of hydrogen-bond acceptors (Lipinski definition) is 10. The summed E-state index contributed by atoms with van der Waals surface area (Å²) in [7, 11) is 6.96. The van der Waals surface area contributed by atoms with Crippen molar-refractivity contribution in [1.82, 2.24) is 0 Å². The largest absolute Gasteiger partial charge is 1.00 e. The van der Waals surface area contributed by atoms with Crippen LogP contribution in [0.2, 0.25) is 10.0 Å². The zero-order valence-electron chi connectivity index (χ0n) is 29.5. The maximum Gasteiger partial charge on any atom is 1.00 e. The Morgan fingerprint density at radius 1 is 0.654 bits per heavy atom. The van der Waals surface area contributed by atoms with E-state index in [1.807, 2.05) is 0 Å². The van der Waals surface area contributed by atoms with E-state index in [0.29, 0.717) is 61.1 Å². The summed E-state index contributed by atoms with van der Waals surface area (Å²) in [6.07, 6.45) is 0. The molecule has 0 aliphatic heterocycles. The minimum atomic E-state index is -0.604. The van der Waals surface area contributed by atoms with Crippen molar-refractivity contribution >= 4 is 52.1 Å². The van der Waals surface area contributed by atoms with Crippen molar-refractivity contribution in [3.05, 3.63) is 105 Å². The topological polar surface area (TPSA) is 176 Å². The third-order valence-electron chi connectivity index (χ3n) is 6.71. The van der Waals surface area contributed by atoms with Crippen molar-refractivity contribution in [1.29, 1.82) is 0 Å². The SMILES string of the molecule is C.C.CO.COc1cccc(C(=O)c2cc(Cl)ccc2N)c1OC.COc1cccc(C(=O)c2cc(Cl)ccc2NC(=O)C(C)(C)C)c1OC.[K+].[OH-]. The van der Waals surface area contributed by atoms with E-state index in [-0.39, 0.29) is 94.8 Å². The van der Waals surface area contributed by atoms with Crippen molar-refractivity contribution in [3.8, 4) is 23.0 Å². The van der Waals surface area contributed by atoms with E-state index >= 15 is 0 Å². The molecular formula is C38H49Cl2KN2O9. The molecule has 4 aromatic carbocycles. The van der Waals surface area contributed by atoms with Crippen LogP contribution >= 0.6 is 23.2 Å². The summed E-state index contributed by atoms with van der Waals surface area (Å²) in [4.78, 5) is 38.1. The molecule has 0 heterocycles. The van der Waals surface area contributed by atoms with Crippen molar-refractivity contribution in [2.45, 2.75) is 35.6 Å². The number of benzene rings is 4. The van der Waals surface area contributed by atoms with Crippen LogP contribution in [0.25, 0.3) is 0 Å². The predicted molar refractivity (Wildman–Crippen MR) is 205 cm³/mol. The molecule has 0 atom stereocenters. The smallest absolute Gasteiger partial charge is 0.870 e. The second-order valence-corrected chi connectivity index (χ2v) is 11.7. The molecule has 0 fully saturated rings. The van der Waals surface area contributed by atoms with Crippen LogP contribution in [-0.2, 0) is 4.79 Å². The van der Waals surface area contributed by atoms with Gasteiger partial charge >= 0.3 is 51.4 Å². The van der Waals surface area contributed by atoms with Gasteiger partial charge in [-0.15, -0.1) is 0 Å². The number of ketones is 2. The minimum Gasteiger partial charge on any atom is -0.870 e. The zero-order valence-corrected chi connectivity index (χ0v) is 34.1. The Kier molecular flexibility index (Phi) is 25.5. The number of ether oxygens (including phenoxy) is 4. The van der Waals surface area contributed by atoms with Gasteiger partial charge in [-0.05, 0) is 60.7 Å². The van der Waals surface area contributed by atoms with Gasteiger partial charge in [0, 0.05) is 39.4 Å². The molecule has 0 aliphatic rings. The van der Waals surface area contributed by atoms with Crippen LogP contribution < -0.4 is 81.4 Å². The number of para-hydroxylation sites is 2. The molecule has 0 bridgehead atoms. The molecule has 4 rings (SSSR count). The van der Waals surface area contributed by atoms with Gasteiger partial charge in [0.25, 0.3) is 0 Å². The van der Waals surface area contributed by atoms with Crippen molar-refractivity contribution in [3.63, 3.8) is 0 Å². The monoisotopic (exact) mass is 786 g/mol. The van der Waals surface area contributed by atoms with Gasteiger partial charge in [-0.3, -0.25) is 14.4 Å². The molecule has 1 amide bonds. The first-order valence-electron chi connectivity index (χ1n) is 14.4. The van der Waals surface area contributed by atoms with Crippen LogP contribution in [0.3, 0.4) is 0 Å². The van der Waals surface area contributed by atoms with Gasteiger partial charge in [-0.2, -0.15) is 0 Å². The van der Waals surface area contributed by atoms with E-state index in [1.165, 1.54) is 40.6 Å². The van der Waals surface area contributed by atoms with E-state index in [2.05, 4.69) is 5.32 Å². The molecule has 52 heavy (non-hydrogen) atoms. The Hall–Kier alpha value is -3.17. The molecule has 0 spiro atoms. The van der Waals surface area contributed by atoms with Crippen LogP contribution in [0, 0.1) is 5.41 Å². The number of hydrogen-bond donors (Lipinski definition) is 3. The number of nitrogens with two attached hydrogens (primary N) is 1. The molecule has 5 N–H and O–H groups in total. The number of carbonyl (C=O) groups is 3. The van der Waals surface area contributed by atoms with Crippen molar-refractivity contribution in [2.75, 3.05) is 46.6 Å². The van der Waals surface area contributed by atoms with Crippen molar-refractivity contribution < 1.29 is 95.3 Å². The van der Waals surface area contributed by atoms with Crippen LogP contribution in [0.15, 0.2) is 72.8 Å². The molecule has 0 saturated heterocycles. The number of anilines is 2. The molecule has 0 radical (unpaired) electrons. The number of nitrogens with one attached hydrogen (secondary N) is 1. The average molecular weight is 788 g/mol. The van der Waals surface area contributed by atoms with Crippen molar-refractivity contribution in [2.24, 2.45) is 5.41 Å². The number of rotatable bonds is 9. The number of methoxy groups -OCH3 is 4. The summed E-state index contributed by atoms with van der Waals surface area (Å²) < 4.78 is 21.0. The van der Waals surface area contributed by atoms with E-state index in [1.54, 1.807) is 81.4 Å². The summed E-state index contributed by atoms with van der Waals surface area (Å²) in [6, 6.07) is 19.7. The fourth-order valence-corrected chi connectivity index (χ4v) is 4.61. The van der Waals surface area contributed by atoms with Crippen LogP contribution in [0.5, 0.6) is 23.0 Å². The number of amides is 1. The Morgan fingerprint density at radius 3 is 1.46 bits per heavy atom. The second-order valence-electron chi connectivity index (χ2n) is 10.9. The Bertz CT molecular complexity index is 1760. The number of halogens is 2. The molecular weight excluding hydrogens is 738 g/mol. The summed E-state index contributed by atoms with van der Waals surface area (Å²) in [5.74, 6) is 0.840. The molecule has 0 aromatic heterocycles. The molecule has 11 nitrogen and oxygen atoms in total. The third-order valence-corrected chi connectivity index (χ3v) is 7.18. The van der Waals surface area contributed by atoms with Gasteiger partial charge in [-0.25, -0.2) is 0 Å². The zero-order chi connectivity index (χ0) is 36.2. The van der Waals surface area contributed by atoms with Gasteiger partial charge in [0.2, 0.25) is 5.91 Å². The van der Waals surface area contributed by atoms with Crippen LogP contribution in [0.1, 0.15) is 67.5 Å². The summed E-state index contributed by atoms with van der Waals surface area (Å²) in [5, 5.41) is 10.6. The molecule has 4 aromatic rings. The normalized spacial score (nSPS) is 9.52. The van der Waals surface area contributed by atoms with Gasteiger partial charge in [0.1, 0.15) is 0 Å². The first kappa shape index (κ1) is 53.2. The summed E-state index contributed by atoms with van der Waals surface area (Å²) in [6.45, 7) is 5.39. The Morgan fingerprint density at radius 2 is 1.06 bits per heavy atom. The quantitative estimate of drug-likeness (QED) is 0.112. The van der Waals surface area contributed by atoms with E-state index in [4.69, 9.17) is 53.0 Å². The van der Waals surface area contributed by atoms with Gasteiger partial charge in [0.15, 0.2) is 34.6 Å². The fourth-order valence-electron chi connectivity index (χ4n) is 4.27. The van der Waals surface area contributed by atoms with E-state index in [0.717, 1.165) is 7.11 Å². The number of aliphatic hydroxyl groups is 1. The second kappa shape index (κ2) is 25.0. The van der Waals surface area contributed by atoms with E-state index < -0.39 is 5.41 Å². The first-order valence-corrected chi connectivity index (χ1v) is 15.1. The first-order chi connectivity index (χ1) is 22.8. The summed E-state index contributed by atoms with van der Waals surface area (Å²) >= 11 is 12.0. The average Bonchev–Trinajstić information content (AvgIpc) is 3.09.